The number of benzene rings is 3. The van der Waals surface area contributed by atoms with Gasteiger partial charge in [0, 0.05) is 46.1 Å². The van der Waals surface area contributed by atoms with Crippen molar-refractivity contribution in [2.45, 2.75) is 126 Å². The van der Waals surface area contributed by atoms with E-state index in [9.17, 15) is 28.8 Å². The first-order valence-electron chi connectivity index (χ1n) is 25.4. The number of carbonyl (C=O) groups excluding carboxylic acids is 6. The first-order chi connectivity index (χ1) is 35.3. The van der Waals surface area contributed by atoms with Crippen LogP contribution in [0.5, 0.6) is 0 Å². The molecule has 20 nitrogen and oxygen atoms in total. The molecular weight excluding hydrogens is 972 g/mol. The fourth-order valence-corrected chi connectivity index (χ4v) is 12.7. The number of nitrogens with two attached hydrogens (primary N) is 2. The normalized spacial score (nSPS) is 22.1. The summed E-state index contributed by atoms with van der Waals surface area (Å²) in [6.45, 7) is 10.2. The lowest BCUT2D eigenvalue weighted by Crippen LogP contribution is -2.56. The number of methoxy groups -OCH3 is 4. The first kappa shape index (κ1) is 55.1. The van der Waals surface area contributed by atoms with Gasteiger partial charge in [-0.3, -0.25) is 19.2 Å². The second-order valence-electron chi connectivity index (χ2n) is 20.5. The van der Waals surface area contributed by atoms with Crippen molar-refractivity contribution < 1.29 is 52.1 Å². The van der Waals surface area contributed by atoms with Crippen molar-refractivity contribution in [3.05, 3.63) is 71.5 Å². The van der Waals surface area contributed by atoms with Crippen LogP contribution in [0, 0.1) is 5.82 Å². The first-order valence-corrected chi connectivity index (χ1v) is 28.8. The van der Waals surface area contributed by atoms with E-state index in [1.165, 1.54) is 38.2 Å². The number of carbonyl (C=O) groups is 6. The van der Waals surface area contributed by atoms with E-state index in [1.54, 1.807) is 32.0 Å². The Morgan fingerprint density at radius 1 is 0.635 bits per heavy atom. The number of halogens is 1. The van der Waals surface area contributed by atoms with Crippen molar-refractivity contribution in [2.24, 2.45) is 0 Å². The number of nitrogens with one attached hydrogen (secondary N) is 4. The number of amides is 6. The highest BCUT2D eigenvalue weighted by Crippen LogP contribution is 2.49. The van der Waals surface area contributed by atoms with E-state index in [0.717, 1.165) is 36.3 Å². The molecule has 0 saturated carbocycles. The highest BCUT2D eigenvalue weighted by Gasteiger charge is 2.43. The molecule has 4 fully saturated rings. The SMILES string of the molecule is COC(=O)N[C@H](C(=O)N1CCC[C@H]1C(=O)Nc1ccc([C@@H]2CC[C@@H](c3ccc(NC(=O)[C@@H]4CCCN4C(=O)[C@@H](NC(=O)OC)[C@@H](C)OC)c(N)c3)N2c2ccc(N3CC[Si](C)(C)CC3)c(F)c2)cc1N)[C@@H](C)OC. The highest BCUT2D eigenvalue weighted by molar-refractivity contribution is 6.77. The van der Waals surface area contributed by atoms with E-state index in [2.05, 4.69) is 44.2 Å². The van der Waals surface area contributed by atoms with Crippen molar-refractivity contribution in [3.63, 3.8) is 0 Å². The Kier molecular flexibility index (Phi) is 17.6. The largest absolute Gasteiger partial charge is 0.453 e. The zero-order valence-electron chi connectivity index (χ0n) is 43.7. The topological polar surface area (TPSA) is 252 Å². The predicted octanol–water partition coefficient (Wildman–Crippen LogP) is 5.98. The number of rotatable bonds is 16. The number of likely N-dealkylation sites (tertiary alicyclic amines) is 2. The number of ether oxygens (including phenoxy) is 4. The number of hydrogen-bond donors (Lipinski definition) is 6. The van der Waals surface area contributed by atoms with Crippen molar-refractivity contribution >= 4 is 78.0 Å². The molecule has 0 bridgehead atoms. The third kappa shape index (κ3) is 12.1. The summed E-state index contributed by atoms with van der Waals surface area (Å²) in [7, 11) is 3.92. The van der Waals surface area contributed by atoms with Gasteiger partial charge in [-0.15, -0.1) is 0 Å². The quantitative estimate of drug-likeness (QED) is 0.0714. The maximum absolute atomic E-state index is 16.5. The van der Waals surface area contributed by atoms with Gasteiger partial charge in [0.1, 0.15) is 30.0 Å². The van der Waals surface area contributed by atoms with E-state index >= 15 is 4.39 Å². The van der Waals surface area contributed by atoms with Crippen LogP contribution < -0.4 is 42.5 Å². The maximum atomic E-state index is 16.5. The molecule has 0 aromatic heterocycles. The summed E-state index contributed by atoms with van der Waals surface area (Å²) in [6, 6.07) is 14.0. The Labute approximate surface area is 433 Å². The number of nitrogens with zero attached hydrogens (tertiary/aromatic N) is 4. The second-order valence-corrected chi connectivity index (χ2v) is 25.8. The zero-order chi connectivity index (χ0) is 53.6. The molecule has 402 valence electrons. The van der Waals surface area contributed by atoms with E-state index in [4.69, 9.17) is 30.4 Å². The molecule has 3 aromatic rings. The minimum absolute atomic E-state index is 0.293. The lowest BCUT2D eigenvalue weighted by molar-refractivity contribution is -0.141. The summed E-state index contributed by atoms with van der Waals surface area (Å²) >= 11 is 0. The Bertz CT molecular complexity index is 2430. The van der Waals surface area contributed by atoms with Crippen molar-refractivity contribution in [1.82, 2.24) is 20.4 Å². The van der Waals surface area contributed by atoms with Crippen LogP contribution in [0.4, 0.5) is 48.1 Å². The van der Waals surface area contributed by atoms with Gasteiger partial charge >= 0.3 is 12.2 Å². The van der Waals surface area contributed by atoms with E-state index in [-0.39, 0.29) is 17.9 Å². The van der Waals surface area contributed by atoms with Gasteiger partial charge < -0.3 is 71.3 Å². The summed E-state index contributed by atoms with van der Waals surface area (Å²) < 4.78 is 36.7. The molecule has 0 unspecified atom stereocenters. The maximum Gasteiger partial charge on any atom is 0.407 e. The number of nitrogen functional groups attached to an aromatic ring is 2. The van der Waals surface area contributed by atoms with Gasteiger partial charge in [-0.2, -0.15) is 0 Å². The summed E-state index contributed by atoms with van der Waals surface area (Å²) in [5, 5.41) is 10.9. The minimum atomic E-state index is -1.32. The molecule has 0 aliphatic carbocycles. The summed E-state index contributed by atoms with van der Waals surface area (Å²) in [5.41, 5.74) is 17.6. The lowest BCUT2D eigenvalue weighted by atomic mass is 10.0. The van der Waals surface area contributed by atoms with Crippen LogP contribution in [0.1, 0.15) is 75.6 Å². The molecular formula is C52H73FN10O10Si. The average molecular weight is 1050 g/mol. The van der Waals surface area contributed by atoms with Gasteiger partial charge in [-0.25, -0.2) is 14.0 Å². The van der Waals surface area contributed by atoms with Crippen LogP contribution >= 0.6 is 0 Å². The number of hydrogen-bond acceptors (Lipinski definition) is 14. The molecule has 4 aliphatic heterocycles. The van der Waals surface area contributed by atoms with Crippen molar-refractivity contribution in [2.75, 3.05) is 86.5 Å². The van der Waals surface area contributed by atoms with E-state index in [1.807, 2.05) is 36.4 Å². The molecule has 3 aromatic carbocycles. The molecule has 4 saturated heterocycles. The Morgan fingerprint density at radius 3 is 1.47 bits per heavy atom. The molecule has 74 heavy (non-hydrogen) atoms. The molecule has 22 heteroatoms. The second kappa shape index (κ2) is 23.7. The smallest absolute Gasteiger partial charge is 0.407 e. The van der Waals surface area contributed by atoms with Gasteiger partial charge in [0.15, 0.2) is 0 Å². The molecule has 0 spiro atoms. The van der Waals surface area contributed by atoms with Crippen LogP contribution in [-0.4, -0.2) is 145 Å². The molecule has 6 amide bonds. The molecule has 8 atom stereocenters. The third-order valence-corrected chi connectivity index (χ3v) is 18.5. The fourth-order valence-electron chi connectivity index (χ4n) is 10.7. The van der Waals surface area contributed by atoms with Crippen molar-refractivity contribution in [3.8, 4) is 0 Å². The molecule has 4 aliphatic rings. The monoisotopic (exact) mass is 1040 g/mol. The van der Waals surface area contributed by atoms with Crippen LogP contribution in [0.25, 0.3) is 0 Å². The van der Waals surface area contributed by atoms with Gasteiger partial charge in [-0.05, 0) is 118 Å². The molecule has 7 rings (SSSR count). The van der Waals surface area contributed by atoms with Gasteiger partial charge in [0.05, 0.1) is 75.0 Å². The predicted molar refractivity (Wildman–Crippen MR) is 283 cm³/mol. The summed E-state index contributed by atoms with van der Waals surface area (Å²) in [4.78, 5) is 86.8. The zero-order valence-corrected chi connectivity index (χ0v) is 44.7. The Balaban J connectivity index is 1.13. The van der Waals surface area contributed by atoms with Crippen LogP contribution in [0.3, 0.4) is 0 Å². The highest BCUT2D eigenvalue weighted by atomic mass is 28.3. The number of anilines is 6. The Morgan fingerprint density at radius 2 is 1.08 bits per heavy atom. The Hall–Kier alpha value is -6.65. The van der Waals surface area contributed by atoms with Crippen LogP contribution in [0.15, 0.2) is 54.6 Å². The number of alkyl carbamates (subject to hydrolysis) is 2. The van der Waals surface area contributed by atoms with Crippen LogP contribution in [0.2, 0.25) is 25.2 Å². The van der Waals surface area contributed by atoms with Crippen molar-refractivity contribution in [1.29, 1.82) is 0 Å². The summed E-state index contributed by atoms with van der Waals surface area (Å²) in [5.74, 6) is -2.14. The molecule has 8 N–H and O–H groups in total. The fraction of sp³-hybridized carbons (Fsp3) is 0.538. The van der Waals surface area contributed by atoms with Crippen LogP contribution in [-0.2, 0) is 38.1 Å². The van der Waals surface area contributed by atoms with Gasteiger partial charge in [-0.1, -0.05) is 25.2 Å². The standard InChI is InChI=1S/C52H73FN10O10Si/c1-30(70-3)45(58-51(68)72-5)49(66)61-21-9-11-43(61)47(64)56-38-16-13-32(27-36(38)54)40-19-20-41(63(40)34-15-18-42(35(53)29-34)60-23-25-74(7,8)26-24-60)33-14-17-39(37(55)28-33)57-48(65)44-12-10-22-62(44)50(67)46(31(2)71-4)59-52(69)73-6/h13-18,27-31,40-41,43-46H,9-12,19-26,54-55H2,1-8H3,(H,56,64)(H,57,65)(H,58,68)(H,59,69)/t30-,31-,40+,41+,43+,44+,45+,46+/m1/s1. The van der Waals surface area contributed by atoms with Gasteiger partial charge in [0.25, 0.3) is 0 Å². The van der Waals surface area contributed by atoms with E-state index < -0.39 is 80.3 Å². The third-order valence-electron chi connectivity index (χ3n) is 15.3. The minimum Gasteiger partial charge on any atom is -0.453 e. The lowest BCUT2D eigenvalue weighted by Gasteiger charge is -2.38. The van der Waals surface area contributed by atoms with E-state index in [0.29, 0.717) is 85.7 Å². The molecule has 0 radical (unpaired) electrons. The van der Waals surface area contributed by atoms with Gasteiger partial charge in [0.2, 0.25) is 23.6 Å². The summed E-state index contributed by atoms with van der Waals surface area (Å²) in [6.07, 6.45) is 0.215. The average Bonchev–Trinajstić information content (AvgIpc) is 4.19. The molecule has 4 heterocycles.